The van der Waals surface area contributed by atoms with Crippen molar-refractivity contribution in [1.82, 2.24) is 0 Å². The lowest BCUT2D eigenvalue weighted by Gasteiger charge is -2.23. The van der Waals surface area contributed by atoms with E-state index in [1.165, 1.54) is 18.2 Å². The van der Waals surface area contributed by atoms with Gasteiger partial charge in [0.25, 0.3) is 0 Å². The van der Waals surface area contributed by atoms with Gasteiger partial charge in [-0.15, -0.1) is 0 Å². The maximum atomic E-state index is 12.8. The summed E-state index contributed by atoms with van der Waals surface area (Å²) in [5.41, 5.74) is 0.835. The van der Waals surface area contributed by atoms with E-state index in [9.17, 15) is 27.1 Å². The van der Waals surface area contributed by atoms with Gasteiger partial charge in [0.05, 0.1) is 12.5 Å². The minimum atomic E-state index is -5.65. The van der Waals surface area contributed by atoms with Gasteiger partial charge < -0.3 is 5.11 Å². The van der Waals surface area contributed by atoms with Crippen LogP contribution in [0.2, 0.25) is 0 Å². The summed E-state index contributed by atoms with van der Waals surface area (Å²) in [5.74, 6) is -4.81. The molecule has 0 aliphatic heterocycles. The summed E-state index contributed by atoms with van der Waals surface area (Å²) in [7, 11) is 0. The molecule has 0 bridgehead atoms. The molecule has 0 aliphatic carbocycles. The van der Waals surface area contributed by atoms with Gasteiger partial charge in [-0.25, -0.2) is 0 Å². The predicted molar refractivity (Wildman–Crippen MR) is 61.1 cm³/mol. The topological polar surface area (TPSA) is 20.2 Å². The molecule has 1 N–H and O–H groups in total. The Balaban J connectivity index is 2.90. The predicted octanol–water partition coefficient (Wildman–Crippen LogP) is 4.43. The van der Waals surface area contributed by atoms with E-state index in [2.05, 4.69) is 0 Å². The van der Waals surface area contributed by atoms with Crippen LogP contribution in [0.15, 0.2) is 24.3 Å². The van der Waals surface area contributed by atoms with Gasteiger partial charge in [0, 0.05) is 0 Å². The van der Waals surface area contributed by atoms with Crippen molar-refractivity contribution in [2.45, 2.75) is 44.4 Å². The Labute approximate surface area is 108 Å². The zero-order chi connectivity index (χ0) is 14.8. The van der Waals surface area contributed by atoms with E-state index in [0.717, 1.165) is 5.56 Å². The maximum absolute atomic E-state index is 12.8. The second-order valence-electron chi connectivity index (χ2n) is 4.75. The number of hydrogen-bond donors (Lipinski definition) is 1. The van der Waals surface area contributed by atoms with Crippen molar-refractivity contribution in [2.24, 2.45) is 0 Å². The molecule has 1 aromatic carbocycles. The maximum Gasteiger partial charge on any atom is 0.453 e. The van der Waals surface area contributed by atoms with Crippen LogP contribution >= 0.6 is 0 Å². The van der Waals surface area contributed by atoms with Crippen molar-refractivity contribution in [3.8, 4) is 0 Å². The van der Waals surface area contributed by atoms with E-state index in [1.54, 1.807) is 6.07 Å². The molecule has 0 spiro atoms. The van der Waals surface area contributed by atoms with Crippen LogP contribution in [-0.2, 0) is 0 Å². The molecule has 0 radical (unpaired) electrons. The third-order valence-corrected chi connectivity index (χ3v) is 2.83. The van der Waals surface area contributed by atoms with Crippen molar-refractivity contribution in [1.29, 1.82) is 0 Å². The summed E-state index contributed by atoms with van der Waals surface area (Å²) in [5, 5.41) is 9.55. The lowest BCUT2D eigenvalue weighted by molar-refractivity contribution is -0.290. The number of aliphatic hydroxyl groups excluding tert-OH is 1. The number of aliphatic hydroxyl groups is 1. The third kappa shape index (κ3) is 3.89. The first-order valence-electron chi connectivity index (χ1n) is 5.77. The molecule has 0 heterocycles. The van der Waals surface area contributed by atoms with Crippen molar-refractivity contribution >= 4 is 0 Å². The molecule has 1 atom stereocenters. The SMILES string of the molecule is CC(C)c1cccc(C(O)CC(F)(F)C(F)(F)F)c1. The second-order valence-corrected chi connectivity index (χ2v) is 4.75. The summed E-state index contributed by atoms with van der Waals surface area (Å²) in [6, 6.07) is 6.03. The smallest absolute Gasteiger partial charge is 0.388 e. The largest absolute Gasteiger partial charge is 0.453 e. The van der Waals surface area contributed by atoms with Gasteiger partial charge in [0.15, 0.2) is 0 Å². The summed E-state index contributed by atoms with van der Waals surface area (Å²) in [4.78, 5) is 0. The van der Waals surface area contributed by atoms with E-state index < -0.39 is 24.6 Å². The molecule has 0 saturated carbocycles. The average molecular weight is 282 g/mol. The molecule has 6 heteroatoms. The summed E-state index contributed by atoms with van der Waals surface area (Å²) in [6.07, 6.45) is -9.17. The molecule has 0 fully saturated rings. The molecule has 1 nitrogen and oxygen atoms in total. The number of hydrogen-bond acceptors (Lipinski definition) is 1. The Kier molecular flexibility index (Phi) is 4.55. The highest BCUT2D eigenvalue weighted by atomic mass is 19.4. The van der Waals surface area contributed by atoms with Crippen LogP contribution in [0, 0.1) is 0 Å². The normalized spacial score (nSPS) is 14.8. The molecule has 0 amide bonds. The summed E-state index contributed by atoms with van der Waals surface area (Å²) < 4.78 is 61.8. The number of alkyl halides is 5. The van der Waals surface area contributed by atoms with Gasteiger partial charge in [-0.3, -0.25) is 0 Å². The van der Waals surface area contributed by atoms with Crippen LogP contribution in [0.1, 0.15) is 43.4 Å². The molecular weight excluding hydrogens is 267 g/mol. The van der Waals surface area contributed by atoms with Crippen LogP contribution in [-0.4, -0.2) is 17.2 Å². The summed E-state index contributed by atoms with van der Waals surface area (Å²) in [6.45, 7) is 3.71. The highest BCUT2D eigenvalue weighted by Gasteiger charge is 2.58. The zero-order valence-electron chi connectivity index (χ0n) is 10.5. The highest BCUT2D eigenvalue weighted by molar-refractivity contribution is 5.27. The first-order chi connectivity index (χ1) is 8.54. The van der Waals surface area contributed by atoms with Crippen LogP contribution in [0.5, 0.6) is 0 Å². The minimum Gasteiger partial charge on any atom is -0.388 e. The quantitative estimate of drug-likeness (QED) is 0.810. The first-order valence-corrected chi connectivity index (χ1v) is 5.77. The molecule has 0 saturated heterocycles. The van der Waals surface area contributed by atoms with Crippen LogP contribution in [0.4, 0.5) is 22.0 Å². The molecule has 1 rings (SSSR count). The van der Waals surface area contributed by atoms with E-state index in [1.807, 2.05) is 13.8 Å². The fraction of sp³-hybridized carbons (Fsp3) is 0.538. The van der Waals surface area contributed by atoms with Gasteiger partial charge in [0.2, 0.25) is 0 Å². The lowest BCUT2D eigenvalue weighted by Crippen LogP contribution is -2.37. The fourth-order valence-electron chi connectivity index (χ4n) is 1.60. The fourth-order valence-corrected chi connectivity index (χ4v) is 1.60. The highest BCUT2D eigenvalue weighted by Crippen LogP contribution is 2.41. The van der Waals surface area contributed by atoms with Crippen LogP contribution in [0.25, 0.3) is 0 Å². The van der Waals surface area contributed by atoms with E-state index in [0.29, 0.717) is 0 Å². The monoisotopic (exact) mass is 282 g/mol. The number of benzene rings is 1. The number of halogens is 5. The molecule has 0 aliphatic rings. The molecular formula is C13H15F5O. The Morgan fingerprint density at radius 3 is 2.05 bits per heavy atom. The van der Waals surface area contributed by atoms with Gasteiger partial charge in [-0.1, -0.05) is 38.1 Å². The van der Waals surface area contributed by atoms with Gasteiger partial charge in [-0.05, 0) is 17.0 Å². The van der Waals surface area contributed by atoms with Gasteiger partial charge >= 0.3 is 12.1 Å². The third-order valence-electron chi connectivity index (χ3n) is 2.83. The Morgan fingerprint density at radius 1 is 1.05 bits per heavy atom. The van der Waals surface area contributed by atoms with Crippen molar-refractivity contribution in [3.63, 3.8) is 0 Å². The Morgan fingerprint density at radius 2 is 1.58 bits per heavy atom. The zero-order valence-corrected chi connectivity index (χ0v) is 10.5. The van der Waals surface area contributed by atoms with Crippen molar-refractivity contribution < 1.29 is 27.1 Å². The molecule has 0 aromatic heterocycles. The molecule has 19 heavy (non-hydrogen) atoms. The van der Waals surface area contributed by atoms with E-state index >= 15 is 0 Å². The van der Waals surface area contributed by atoms with Crippen molar-refractivity contribution in [2.75, 3.05) is 0 Å². The Bertz CT molecular complexity index is 425. The summed E-state index contributed by atoms with van der Waals surface area (Å²) >= 11 is 0. The lowest BCUT2D eigenvalue weighted by atomic mass is 9.96. The molecule has 1 aromatic rings. The molecule has 108 valence electrons. The second kappa shape index (κ2) is 5.45. The van der Waals surface area contributed by atoms with E-state index in [4.69, 9.17) is 0 Å². The Hall–Kier alpha value is -1.17. The molecule has 1 unspecified atom stereocenters. The number of rotatable bonds is 4. The van der Waals surface area contributed by atoms with Crippen LogP contribution < -0.4 is 0 Å². The van der Waals surface area contributed by atoms with Crippen molar-refractivity contribution in [3.05, 3.63) is 35.4 Å². The average Bonchev–Trinajstić information content (AvgIpc) is 2.27. The first kappa shape index (κ1) is 15.9. The van der Waals surface area contributed by atoms with Gasteiger partial charge in [-0.2, -0.15) is 22.0 Å². The minimum absolute atomic E-state index is 0.0649. The van der Waals surface area contributed by atoms with Gasteiger partial charge in [0.1, 0.15) is 0 Å². The standard InChI is InChI=1S/C13H15F5O/c1-8(2)9-4-3-5-10(6-9)11(19)7-12(14,15)13(16,17)18/h3-6,8,11,19H,7H2,1-2H3. The van der Waals surface area contributed by atoms with E-state index in [-0.39, 0.29) is 11.5 Å². The van der Waals surface area contributed by atoms with Crippen LogP contribution in [0.3, 0.4) is 0 Å².